The van der Waals surface area contributed by atoms with Crippen molar-refractivity contribution in [3.05, 3.63) is 30.5 Å². The number of fused-ring (bicyclic) bond motifs is 1. The largest absolute Gasteiger partial charge is 0.316 e. The van der Waals surface area contributed by atoms with Gasteiger partial charge in [0.15, 0.2) is 0 Å². The highest BCUT2D eigenvalue weighted by atomic mass is 35.5. The van der Waals surface area contributed by atoms with Crippen molar-refractivity contribution in [2.75, 3.05) is 13.1 Å². The first kappa shape index (κ1) is 13.6. The van der Waals surface area contributed by atoms with Crippen molar-refractivity contribution in [1.29, 1.82) is 0 Å². The van der Waals surface area contributed by atoms with E-state index in [-0.39, 0.29) is 12.4 Å². The monoisotopic (exact) mass is 281 g/mol. The third-order valence-electron chi connectivity index (χ3n) is 2.97. The second kappa shape index (κ2) is 6.36. The minimum Gasteiger partial charge on any atom is -0.316 e. The minimum atomic E-state index is 0. The molecule has 2 aromatic rings. The molecular formula is C13H16ClN3S. The lowest BCUT2D eigenvalue weighted by molar-refractivity contribution is 0.531. The number of hydrogen-bond donors (Lipinski definition) is 1. The quantitative estimate of drug-likeness (QED) is 0.919. The second-order valence-corrected chi connectivity index (χ2v) is 5.60. The van der Waals surface area contributed by atoms with Crippen LogP contribution in [0.15, 0.2) is 35.5 Å². The fourth-order valence-corrected chi connectivity index (χ4v) is 3.18. The zero-order valence-electron chi connectivity index (χ0n) is 10.0. The van der Waals surface area contributed by atoms with Crippen LogP contribution in [0.4, 0.5) is 0 Å². The second-order valence-electron chi connectivity index (χ2n) is 4.28. The van der Waals surface area contributed by atoms with Crippen molar-refractivity contribution >= 4 is 35.2 Å². The van der Waals surface area contributed by atoms with Gasteiger partial charge in [-0.3, -0.25) is 4.98 Å². The highest BCUT2D eigenvalue weighted by molar-refractivity contribution is 7.99. The molecule has 96 valence electrons. The molecule has 3 nitrogen and oxygen atoms in total. The van der Waals surface area contributed by atoms with Crippen LogP contribution >= 0.6 is 24.2 Å². The fraction of sp³-hybridized carbons (Fsp3) is 0.385. The van der Waals surface area contributed by atoms with Crippen molar-refractivity contribution in [3.63, 3.8) is 0 Å². The number of hydrogen-bond acceptors (Lipinski definition) is 4. The number of thioether (sulfide) groups is 1. The van der Waals surface area contributed by atoms with E-state index in [0.717, 1.165) is 29.1 Å². The Bertz CT molecular complexity index is 514. The first-order chi connectivity index (χ1) is 8.42. The number of benzene rings is 1. The van der Waals surface area contributed by atoms with E-state index >= 15 is 0 Å². The molecule has 5 heteroatoms. The van der Waals surface area contributed by atoms with E-state index in [2.05, 4.69) is 15.3 Å². The Morgan fingerprint density at radius 2 is 2.06 bits per heavy atom. The zero-order chi connectivity index (χ0) is 11.5. The van der Waals surface area contributed by atoms with Gasteiger partial charge in [-0.1, -0.05) is 12.1 Å². The highest BCUT2D eigenvalue weighted by Crippen LogP contribution is 2.26. The zero-order valence-corrected chi connectivity index (χ0v) is 11.6. The summed E-state index contributed by atoms with van der Waals surface area (Å²) in [7, 11) is 0. The maximum absolute atomic E-state index is 4.64. The summed E-state index contributed by atoms with van der Waals surface area (Å²) in [6, 6.07) is 8.02. The number of nitrogens with one attached hydrogen (secondary N) is 1. The van der Waals surface area contributed by atoms with E-state index in [4.69, 9.17) is 0 Å². The SMILES string of the molecule is Cl.c1ccc2nc(SC3CCCNC3)cnc2c1. The smallest absolute Gasteiger partial charge is 0.115 e. The third kappa shape index (κ3) is 3.13. The summed E-state index contributed by atoms with van der Waals surface area (Å²) < 4.78 is 0. The van der Waals surface area contributed by atoms with E-state index in [1.165, 1.54) is 12.8 Å². The molecule has 0 amide bonds. The van der Waals surface area contributed by atoms with Crippen LogP contribution in [-0.4, -0.2) is 28.3 Å². The van der Waals surface area contributed by atoms with Gasteiger partial charge in [0, 0.05) is 11.8 Å². The molecule has 1 aromatic heterocycles. The van der Waals surface area contributed by atoms with E-state index < -0.39 is 0 Å². The molecule has 1 atom stereocenters. The maximum atomic E-state index is 4.64. The van der Waals surface area contributed by atoms with Gasteiger partial charge in [0.2, 0.25) is 0 Å². The lowest BCUT2D eigenvalue weighted by Crippen LogP contribution is -2.31. The van der Waals surface area contributed by atoms with E-state index in [0.29, 0.717) is 5.25 Å². The molecular weight excluding hydrogens is 266 g/mol. The Balaban J connectivity index is 0.00000120. The van der Waals surface area contributed by atoms with Crippen LogP contribution < -0.4 is 5.32 Å². The molecule has 1 aromatic carbocycles. The minimum absolute atomic E-state index is 0. The fourth-order valence-electron chi connectivity index (χ4n) is 2.09. The molecule has 1 fully saturated rings. The van der Waals surface area contributed by atoms with Crippen molar-refractivity contribution in [2.45, 2.75) is 23.1 Å². The van der Waals surface area contributed by atoms with Gasteiger partial charge in [0.25, 0.3) is 0 Å². The standard InChI is InChI=1S/C13H15N3S.ClH/c1-2-6-12-11(5-1)15-9-13(16-12)17-10-4-3-7-14-8-10;/h1-2,5-6,9-10,14H,3-4,7-8H2;1H. The molecule has 1 N–H and O–H groups in total. The van der Waals surface area contributed by atoms with Crippen LogP contribution in [0.2, 0.25) is 0 Å². The molecule has 3 rings (SSSR count). The van der Waals surface area contributed by atoms with Gasteiger partial charge in [-0.15, -0.1) is 24.2 Å². The number of aromatic nitrogens is 2. The van der Waals surface area contributed by atoms with Crippen LogP contribution in [0, 0.1) is 0 Å². The predicted octanol–water partition coefficient (Wildman–Crippen LogP) is 2.90. The Labute approximate surface area is 117 Å². The Morgan fingerprint density at radius 3 is 2.83 bits per heavy atom. The molecule has 0 saturated carbocycles. The summed E-state index contributed by atoms with van der Waals surface area (Å²) in [5.41, 5.74) is 1.96. The van der Waals surface area contributed by atoms with Crippen LogP contribution in [0.5, 0.6) is 0 Å². The van der Waals surface area contributed by atoms with Crippen LogP contribution in [0.3, 0.4) is 0 Å². The third-order valence-corrected chi connectivity index (χ3v) is 4.14. The normalized spacial score (nSPS) is 19.4. The summed E-state index contributed by atoms with van der Waals surface area (Å²) in [4.78, 5) is 9.08. The summed E-state index contributed by atoms with van der Waals surface area (Å²) in [6.45, 7) is 2.24. The van der Waals surface area contributed by atoms with Crippen molar-refractivity contribution in [1.82, 2.24) is 15.3 Å². The van der Waals surface area contributed by atoms with Crippen molar-refractivity contribution in [2.24, 2.45) is 0 Å². The highest BCUT2D eigenvalue weighted by Gasteiger charge is 2.15. The Hall–Kier alpha value is -0.840. The first-order valence-electron chi connectivity index (χ1n) is 6.01. The molecule has 0 spiro atoms. The van der Waals surface area contributed by atoms with Gasteiger partial charge in [-0.25, -0.2) is 4.98 Å². The Kier molecular flexibility index (Phi) is 4.80. The molecule has 1 aliphatic heterocycles. The van der Waals surface area contributed by atoms with Crippen LogP contribution in [-0.2, 0) is 0 Å². The lowest BCUT2D eigenvalue weighted by Gasteiger charge is -2.21. The summed E-state index contributed by atoms with van der Waals surface area (Å²) in [5.74, 6) is 0. The molecule has 1 aliphatic rings. The van der Waals surface area contributed by atoms with Gasteiger partial charge in [-0.2, -0.15) is 0 Å². The molecule has 0 aliphatic carbocycles. The van der Waals surface area contributed by atoms with E-state index in [9.17, 15) is 0 Å². The topological polar surface area (TPSA) is 37.8 Å². The predicted molar refractivity (Wildman–Crippen MR) is 78.5 cm³/mol. The molecule has 0 radical (unpaired) electrons. The van der Waals surface area contributed by atoms with Crippen molar-refractivity contribution < 1.29 is 0 Å². The van der Waals surface area contributed by atoms with Gasteiger partial charge >= 0.3 is 0 Å². The average Bonchev–Trinajstić information content (AvgIpc) is 2.40. The summed E-state index contributed by atoms with van der Waals surface area (Å²) in [6.07, 6.45) is 4.42. The van der Waals surface area contributed by atoms with Gasteiger partial charge in [0.1, 0.15) is 5.03 Å². The summed E-state index contributed by atoms with van der Waals surface area (Å²) >= 11 is 1.84. The maximum Gasteiger partial charge on any atom is 0.115 e. The number of nitrogens with zero attached hydrogens (tertiary/aromatic N) is 2. The Morgan fingerprint density at radius 1 is 1.22 bits per heavy atom. The molecule has 0 bridgehead atoms. The number of halogens is 1. The number of para-hydroxylation sites is 2. The van der Waals surface area contributed by atoms with Crippen LogP contribution in [0.25, 0.3) is 11.0 Å². The van der Waals surface area contributed by atoms with E-state index in [1.54, 1.807) is 0 Å². The lowest BCUT2D eigenvalue weighted by atomic mass is 10.2. The summed E-state index contributed by atoms with van der Waals surface area (Å²) in [5, 5.41) is 5.10. The van der Waals surface area contributed by atoms with Gasteiger partial charge in [-0.05, 0) is 31.5 Å². The molecule has 2 heterocycles. The van der Waals surface area contributed by atoms with Gasteiger partial charge in [0.05, 0.1) is 17.2 Å². The van der Waals surface area contributed by atoms with Gasteiger partial charge < -0.3 is 5.32 Å². The first-order valence-corrected chi connectivity index (χ1v) is 6.89. The van der Waals surface area contributed by atoms with Crippen LogP contribution in [0.1, 0.15) is 12.8 Å². The molecule has 1 unspecified atom stereocenters. The average molecular weight is 282 g/mol. The molecule has 1 saturated heterocycles. The molecule has 18 heavy (non-hydrogen) atoms. The number of piperidine rings is 1. The number of rotatable bonds is 2. The van der Waals surface area contributed by atoms with Crippen molar-refractivity contribution in [3.8, 4) is 0 Å². The van der Waals surface area contributed by atoms with E-state index in [1.807, 2.05) is 42.2 Å².